The minimum absolute atomic E-state index is 0.208. The fraction of sp³-hybridized carbons (Fsp3) is 0.556. The van der Waals surface area contributed by atoms with Gasteiger partial charge in [0.25, 0.3) is 0 Å². The molecular formula is C18H22FN3OS. The zero-order chi connectivity index (χ0) is 16.7. The summed E-state index contributed by atoms with van der Waals surface area (Å²) < 4.78 is 22.0. The van der Waals surface area contributed by atoms with E-state index in [2.05, 4.69) is 21.7 Å². The topological polar surface area (TPSA) is 42.8 Å². The van der Waals surface area contributed by atoms with E-state index in [0.717, 1.165) is 17.7 Å². The molecule has 4 unspecified atom stereocenters. The van der Waals surface area contributed by atoms with Crippen molar-refractivity contribution in [1.29, 1.82) is 0 Å². The molecule has 2 aliphatic carbocycles. The maximum atomic E-state index is 13.7. The Balaban J connectivity index is 1.53. The second-order valence-electron chi connectivity index (χ2n) is 7.11. The van der Waals surface area contributed by atoms with Crippen LogP contribution in [0.3, 0.4) is 0 Å². The molecule has 24 heavy (non-hydrogen) atoms. The van der Waals surface area contributed by atoms with Crippen molar-refractivity contribution in [3.8, 4) is 5.75 Å². The molecule has 128 valence electrons. The van der Waals surface area contributed by atoms with Gasteiger partial charge in [-0.3, -0.25) is 9.67 Å². The van der Waals surface area contributed by atoms with E-state index >= 15 is 0 Å². The molecule has 1 aromatic heterocycles. The van der Waals surface area contributed by atoms with Crippen LogP contribution < -0.4 is 4.74 Å². The minimum Gasteiger partial charge on any atom is -0.483 e. The van der Waals surface area contributed by atoms with Crippen LogP contribution in [0.1, 0.15) is 44.5 Å². The number of H-pyrrole nitrogens is 1. The molecule has 2 aliphatic rings. The van der Waals surface area contributed by atoms with Gasteiger partial charge >= 0.3 is 0 Å². The summed E-state index contributed by atoms with van der Waals surface area (Å²) in [6.45, 7) is 2.43. The Kier molecular flexibility index (Phi) is 4.16. The predicted octanol–water partition coefficient (Wildman–Crippen LogP) is 4.66. The highest BCUT2D eigenvalue weighted by Crippen LogP contribution is 2.52. The van der Waals surface area contributed by atoms with Gasteiger partial charge in [-0.05, 0) is 68.3 Å². The molecule has 4 nitrogen and oxygen atoms in total. The van der Waals surface area contributed by atoms with Crippen molar-refractivity contribution in [3.63, 3.8) is 0 Å². The number of nitrogens with zero attached hydrogens (tertiary/aromatic N) is 2. The van der Waals surface area contributed by atoms with Crippen LogP contribution in [0.4, 0.5) is 4.39 Å². The molecule has 0 amide bonds. The molecule has 0 aliphatic heterocycles. The molecule has 2 fully saturated rings. The number of nitrogens with one attached hydrogen (secondary N) is 1. The Morgan fingerprint density at radius 1 is 1.38 bits per heavy atom. The number of aromatic amines is 1. The van der Waals surface area contributed by atoms with Gasteiger partial charge in [0.2, 0.25) is 0 Å². The summed E-state index contributed by atoms with van der Waals surface area (Å²) in [5, 5.41) is 7.19. The third kappa shape index (κ3) is 2.77. The summed E-state index contributed by atoms with van der Waals surface area (Å²) in [6.07, 6.45) is 5.37. The van der Waals surface area contributed by atoms with E-state index in [1.807, 2.05) is 0 Å². The number of ether oxygens (including phenoxy) is 1. The zero-order valence-corrected chi connectivity index (χ0v) is 14.6. The normalized spacial score (nSPS) is 26.7. The molecule has 2 aromatic rings. The number of hydrogen-bond acceptors (Lipinski definition) is 3. The maximum absolute atomic E-state index is 13.7. The smallest absolute Gasteiger partial charge is 0.195 e. The summed E-state index contributed by atoms with van der Waals surface area (Å²) in [7, 11) is 0. The van der Waals surface area contributed by atoms with Crippen molar-refractivity contribution in [1.82, 2.24) is 14.8 Å². The summed E-state index contributed by atoms with van der Waals surface area (Å²) >= 11 is 5.44. The number of hydrogen-bond donors (Lipinski definition) is 1. The van der Waals surface area contributed by atoms with Gasteiger partial charge in [0.05, 0.1) is 0 Å². The maximum Gasteiger partial charge on any atom is 0.195 e. The van der Waals surface area contributed by atoms with Crippen molar-refractivity contribution in [3.05, 3.63) is 40.7 Å². The quantitative estimate of drug-likeness (QED) is 0.800. The molecule has 0 radical (unpaired) electrons. The molecule has 1 aromatic carbocycles. The van der Waals surface area contributed by atoms with Crippen LogP contribution in [0.5, 0.6) is 5.75 Å². The highest BCUT2D eigenvalue weighted by atomic mass is 32.1. The fourth-order valence-electron chi connectivity index (χ4n) is 4.64. The summed E-state index contributed by atoms with van der Waals surface area (Å²) in [5.74, 6) is 2.97. The lowest BCUT2D eigenvalue weighted by Gasteiger charge is -2.29. The van der Waals surface area contributed by atoms with Gasteiger partial charge in [0.15, 0.2) is 22.2 Å². The predicted molar refractivity (Wildman–Crippen MR) is 91.8 cm³/mol. The van der Waals surface area contributed by atoms with Crippen molar-refractivity contribution >= 4 is 12.2 Å². The summed E-state index contributed by atoms with van der Waals surface area (Å²) in [6, 6.07) is 6.72. The van der Waals surface area contributed by atoms with E-state index in [1.165, 1.54) is 31.7 Å². The van der Waals surface area contributed by atoms with Gasteiger partial charge in [-0.25, -0.2) is 4.39 Å². The van der Waals surface area contributed by atoms with Crippen molar-refractivity contribution < 1.29 is 9.13 Å². The van der Waals surface area contributed by atoms with Crippen LogP contribution in [0.2, 0.25) is 0 Å². The SMILES string of the molecule is CC(C1CC2CCC1C2)n1c(COc2ccccc2F)n[nH]c1=S. The van der Waals surface area contributed by atoms with Gasteiger partial charge in [0, 0.05) is 6.04 Å². The van der Waals surface area contributed by atoms with E-state index in [1.54, 1.807) is 18.2 Å². The largest absolute Gasteiger partial charge is 0.483 e. The van der Waals surface area contributed by atoms with Crippen LogP contribution in [-0.4, -0.2) is 14.8 Å². The van der Waals surface area contributed by atoms with Gasteiger partial charge in [0.1, 0.15) is 6.61 Å². The Bertz CT molecular complexity index is 787. The monoisotopic (exact) mass is 347 g/mol. The van der Waals surface area contributed by atoms with Crippen molar-refractivity contribution in [2.75, 3.05) is 0 Å². The highest BCUT2D eigenvalue weighted by Gasteiger charge is 2.42. The Hall–Kier alpha value is -1.69. The molecule has 2 bridgehead atoms. The first-order valence-corrected chi connectivity index (χ1v) is 9.07. The van der Waals surface area contributed by atoms with Gasteiger partial charge in [-0.1, -0.05) is 18.6 Å². The molecule has 0 spiro atoms. The number of benzene rings is 1. The van der Waals surface area contributed by atoms with Crippen molar-refractivity contribution in [2.24, 2.45) is 17.8 Å². The van der Waals surface area contributed by atoms with Gasteiger partial charge in [-0.15, -0.1) is 0 Å². The number of para-hydroxylation sites is 1. The van der Waals surface area contributed by atoms with Crippen LogP contribution in [0.15, 0.2) is 24.3 Å². The third-order valence-corrected chi connectivity index (χ3v) is 6.08. The second kappa shape index (κ2) is 6.31. The van der Waals surface area contributed by atoms with E-state index in [4.69, 9.17) is 17.0 Å². The zero-order valence-electron chi connectivity index (χ0n) is 13.7. The molecular weight excluding hydrogens is 325 g/mol. The van der Waals surface area contributed by atoms with Crippen LogP contribution in [-0.2, 0) is 6.61 Å². The molecule has 2 saturated carbocycles. The Morgan fingerprint density at radius 2 is 2.21 bits per heavy atom. The van der Waals surface area contributed by atoms with Gasteiger partial charge in [-0.2, -0.15) is 5.10 Å². The first-order valence-electron chi connectivity index (χ1n) is 8.66. The number of fused-ring (bicyclic) bond motifs is 2. The second-order valence-corrected chi connectivity index (χ2v) is 7.50. The first kappa shape index (κ1) is 15.8. The lowest BCUT2D eigenvalue weighted by molar-refractivity contribution is 0.221. The van der Waals surface area contributed by atoms with Crippen LogP contribution in [0, 0.1) is 28.3 Å². The summed E-state index contributed by atoms with van der Waals surface area (Å²) in [4.78, 5) is 0. The highest BCUT2D eigenvalue weighted by molar-refractivity contribution is 7.71. The third-order valence-electron chi connectivity index (χ3n) is 5.79. The van der Waals surface area contributed by atoms with E-state index < -0.39 is 0 Å². The van der Waals surface area contributed by atoms with Crippen LogP contribution >= 0.6 is 12.2 Å². The lowest BCUT2D eigenvalue weighted by atomic mass is 9.84. The molecule has 1 N–H and O–H groups in total. The molecule has 6 heteroatoms. The first-order chi connectivity index (χ1) is 11.6. The molecule has 0 saturated heterocycles. The van der Waals surface area contributed by atoms with Gasteiger partial charge < -0.3 is 4.74 Å². The lowest BCUT2D eigenvalue weighted by Crippen LogP contribution is -2.24. The van der Waals surface area contributed by atoms with E-state index in [9.17, 15) is 4.39 Å². The standard InChI is InChI=1S/C18H22FN3OS/c1-11(14-9-12-6-7-13(14)8-12)22-17(20-21-18(22)24)10-23-16-5-3-2-4-15(16)19/h2-5,11-14H,6-10H2,1H3,(H,21,24). The van der Waals surface area contributed by atoms with E-state index in [-0.39, 0.29) is 18.2 Å². The number of rotatable bonds is 5. The fourth-order valence-corrected chi connectivity index (χ4v) is 4.96. The Morgan fingerprint density at radius 3 is 2.92 bits per heavy atom. The minimum atomic E-state index is -0.362. The van der Waals surface area contributed by atoms with Crippen molar-refractivity contribution in [2.45, 2.75) is 45.3 Å². The number of halogens is 1. The summed E-state index contributed by atoms with van der Waals surface area (Å²) in [5.41, 5.74) is 0. The molecule has 1 heterocycles. The number of aromatic nitrogens is 3. The molecule has 4 atom stereocenters. The van der Waals surface area contributed by atoms with E-state index in [0.29, 0.717) is 16.7 Å². The molecule has 4 rings (SSSR count). The average molecular weight is 347 g/mol. The Labute approximate surface area is 146 Å². The average Bonchev–Trinajstić information content (AvgIpc) is 3.29. The van der Waals surface area contributed by atoms with Crippen LogP contribution in [0.25, 0.3) is 0 Å².